The van der Waals surface area contributed by atoms with E-state index < -0.39 is 6.36 Å². The van der Waals surface area contributed by atoms with Gasteiger partial charge in [-0.3, -0.25) is 4.99 Å². The van der Waals surface area contributed by atoms with Crippen LogP contribution in [-0.2, 0) is 0 Å². The molecule has 1 fully saturated rings. The fraction of sp³-hybridized carbons (Fsp3) is 0.588. The molecule has 0 amide bonds. The number of hydrogen-bond donors (Lipinski definition) is 2. The van der Waals surface area contributed by atoms with Crippen molar-refractivity contribution in [2.75, 3.05) is 31.5 Å². The molecule has 1 aromatic rings. The van der Waals surface area contributed by atoms with Gasteiger partial charge in [-0.1, -0.05) is 13.8 Å². The first-order chi connectivity index (χ1) is 11.7. The van der Waals surface area contributed by atoms with Gasteiger partial charge in [0, 0.05) is 25.3 Å². The van der Waals surface area contributed by atoms with Crippen molar-refractivity contribution in [3.63, 3.8) is 0 Å². The van der Waals surface area contributed by atoms with Crippen LogP contribution >= 0.6 is 0 Å². The number of likely N-dealkylation sites (tertiary alicyclic amines) is 1. The van der Waals surface area contributed by atoms with Crippen molar-refractivity contribution in [1.82, 2.24) is 4.90 Å². The van der Waals surface area contributed by atoms with Gasteiger partial charge < -0.3 is 20.7 Å². The molecular formula is C17H25F3N4O. The molecule has 5 nitrogen and oxygen atoms in total. The Labute approximate surface area is 146 Å². The van der Waals surface area contributed by atoms with Crippen LogP contribution in [0.2, 0.25) is 0 Å². The zero-order valence-corrected chi connectivity index (χ0v) is 14.5. The minimum absolute atomic E-state index is 0.256. The fourth-order valence-electron chi connectivity index (χ4n) is 2.90. The third-order valence-corrected chi connectivity index (χ3v) is 3.87. The lowest BCUT2D eigenvalue weighted by atomic mass is 10.1. The van der Waals surface area contributed by atoms with Crippen LogP contribution in [0.3, 0.4) is 0 Å². The highest BCUT2D eigenvalue weighted by Gasteiger charge is 2.31. The minimum atomic E-state index is -4.69. The summed E-state index contributed by atoms with van der Waals surface area (Å²) in [5, 5.41) is 2.88. The second-order valence-electron chi connectivity index (χ2n) is 6.73. The van der Waals surface area contributed by atoms with Gasteiger partial charge in [0.2, 0.25) is 0 Å². The van der Waals surface area contributed by atoms with E-state index in [2.05, 4.69) is 33.8 Å². The third kappa shape index (κ3) is 7.21. The molecule has 1 heterocycles. The lowest BCUT2D eigenvalue weighted by Gasteiger charge is -2.17. The maximum atomic E-state index is 12.1. The highest BCUT2D eigenvalue weighted by Crippen LogP contribution is 2.24. The van der Waals surface area contributed by atoms with E-state index in [1.54, 1.807) is 0 Å². The molecule has 0 aromatic heterocycles. The zero-order chi connectivity index (χ0) is 18.4. The zero-order valence-electron chi connectivity index (χ0n) is 14.5. The number of benzene rings is 1. The molecule has 25 heavy (non-hydrogen) atoms. The van der Waals surface area contributed by atoms with Gasteiger partial charge >= 0.3 is 6.36 Å². The first-order valence-corrected chi connectivity index (χ1v) is 8.36. The number of guanidine groups is 1. The van der Waals surface area contributed by atoms with Crippen molar-refractivity contribution in [1.29, 1.82) is 0 Å². The molecule has 1 aliphatic rings. The maximum Gasteiger partial charge on any atom is 0.573 e. The van der Waals surface area contributed by atoms with Crippen LogP contribution in [0, 0.1) is 11.8 Å². The van der Waals surface area contributed by atoms with E-state index in [0.717, 1.165) is 26.1 Å². The molecule has 0 aliphatic carbocycles. The second-order valence-corrected chi connectivity index (χ2v) is 6.73. The van der Waals surface area contributed by atoms with Gasteiger partial charge in [-0.25, -0.2) is 0 Å². The van der Waals surface area contributed by atoms with E-state index in [1.165, 1.54) is 24.3 Å². The summed E-state index contributed by atoms with van der Waals surface area (Å²) in [5.41, 5.74) is 6.41. The minimum Gasteiger partial charge on any atom is -0.406 e. The average Bonchev–Trinajstić information content (AvgIpc) is 2.92. The molecular weight excluding hydrogens is 333 g/mol. The van der Waals surface area contributed by atoms with E-state index in [9.17, 15) is 13.2 Å². The average molecular weight is 358 g/mol. The number of ether oxygens (including phenoxy) is 1. The van der Waals surface area contributed by atoms with Crippen molar-refractivity contribution in [2.45, 2.75) is 26.6 Å². The largest absolute Gasteiger partial charge is 0.573 e. The molecule has 1 aromatic carbocycles. The van der Waals surface area contributed by atoms with Gasteiger partial charge in [0.25, 0.3) is 0 Å². The topological polar surface area (TPSA) is 62.9 Å². The summed E-state index contributed by atoms with van der Waals surface area (Å²) in [6, 6.07) is 5.38. The Balaban J connectivity index is 1.79. The molecule has 0 bridgehead atoms. The first-order valence-electron chi connectivity index (χ1n) is 8.36. The van der Waals surface area contributed by atoms with E-state index in [1.807, 2.05) is 0 Å². The Morgan fingerprint density at radius 1 is 1.36 bits per heavy atom. The molecule has 0 saturated carbocycles. The Bertz CT molecular complexity index is 572. The van der Waals surface area contributed by atoms with Gasteiger partial charge in [-0.15, -0.1) is 13.2 Å². The van der Waals surface area contributed by atoms with Crippen molar-refractivity contribution < 1.29 is 17.9 Å². The number of halogens is 3. The second kappa shape index (κ2) is 8.42. The summed E-state index contributed by atoms with van der Waals surface area (Å²) >= 11 is 0. The number of hydrogen-bond acceptors (Lipinski definition) is 3. The SMILES string of the molecule is CC(C)CN1CCC(CN=C(N)Nc2ccc(OC(F)(F)F)cc2)C1. The van der Waals surface area contributed by atoms with Crippen LogP contribution in [0.15, 0.2) is 29.3 Å². The fourth-order valence-corrected chi connectivity index (χ4v) is 2.90. The maximum absolute atomic E-state index is 12.1. The number of rotatable bonds is 6. The number of nitrogens with two attached hydrogens (primary N) is 1. The number of aliphatic imine (C=N–C) groups is 1. The summed E-state index contributed by atoms with van der Waals surface area (Å²) in [5.74, 6) is 1.12. The predicted octanol–water partition coefficient (Wildman–Crippen LogP) is 3.29. The standard InChI is InChI=1S/C17H25F3N4O/c1-12(2)10-24-8-7-13(11-24)9-22-16(21)23-14-3-5-15(6-4-14)25-17(18,19)20/h3-6,12-13H,7-11H2,1-2H3,(H3,21,22,23). The number of nitrogens with one attached hydrogen (secondary N) is 1. The lowest BCUT2D eigenvalue weighted by Crippen LogP contribution is -2.27. The van der Waals surface area contributed by atoms with Crippen molar-refractivity contribution >= 4 is 11.6 Å². The molecule has 8 heteroatoms. The van der Waals surface area contributed by atoms with Crippen LogP contribution < -0.4 is 15.8 Å². The predicted molar refractivity (Wildman–Crippen MR) is 92.6 cm³/mol. The molecule has 1 saturated heterocycles. The van der Waals surface area contributed by atoms with Crippen molar-refractivity contribution in [2.24, 2.45) is 22.6 Å². The summed E-state index contributed by atoms with van der Waals surface area (Å²) in [6.07, 6.45) is -3.59. The number of anilines is 1. The highest BCUT2D eigenvalue weighted by atomic mass is 19.4. The van der Waals surface area contributed by atoms with Crippen LogP contribution in [0.5, 0.6) is 5.75 Å². The summed E-state index contributed by atoms with van der Waals surface area (Å²) < 4.78 is 40.2. The van der Waals surface area contributed by atoms with E-state index in [0.29, 0.717) is 24.1 Å². The Hall–Kier alpha value is -1.96. The Morgan fingerprint density at radius 2 is 2.04 bits per heavy atom. The highest BCUT2D eigenvalue weighted by molar-refractivity contribution is 5.92. The van der Waals surface area contributed by atoms with Crippen LogP contribution in [-0.4, -0.2) is 43.4 Å². The van der Waals surface area contributed by atoms with Gasteiger partial charge in [-0.05, 0) is 49.1 Å². The van der Waals surface area contributed by atoms with Gasteiger partial charge in [0.05, 0.1) is 0 Å². The van der Waals surface area contributed by atoms with E-state index >= 15 is 0 Å². The van der Waals surface area contributed by atoms with Gasteiger partial charge in [0.1, 0.15) is 5.75 Å². The Morgan fingerprint density at radius 3 is 2.64 bits per heavy atom. The molecule has 2 rings (SSSR count). The first kappa shape index (κ1) is 19.4. The quantitative estimate of drug-likeness (QED) is 0.605. The smallest absolute Gasteiger partial charge is 0.406 e. The summed E-state index contributed by atoms with van der Waals surface area (Å²) in [7, 11) is 0. The molecule has 1 aliphatic heterocycles. The molecule has 0 radical (unpaired) electrons. The third-order valence-electron chi connectivity index (χ3n) is 3.87. The number of alkyl halides is 3. The van der Waals surface area contributed by atoms with Crippen LogP contribution in [0.1, 0.15) is 20.3 Å². The number of nitrogens with zero attached hydrogens (tertiary/aromatic N) is 2. The summed E-state index contributed by atoms with van der Waals surface area (Å²) in [6.45, 7) is 8.27. The molecule has 3 N–H and O–H groups in total. The van der Waals surface area contributed by atoms with Gasteiger partial charge in [-0.2, -0.15) is 0 Å². The monoisotopic (exact) mass is 358 g/mol. The molecule has 0 spiro atoms. The van der Waals surface area contributed by atoms with Gasteiger partial charge in [0.15, 0.2) is 5.96 Å². The van der Waals surface area contributed by atoms with E-state index in [4.69, 9.17) is 5.73 Å². The lowest BCUT2D eigenvalue weighted by molar-refractivity contribution is -0.274. The molecule has 140 valence electrons. The normalized spacial score (nSPS) is 19.4. The van der Waals surface area contributed by atoms with Crippen LogP contribution in [0.4, 0.5) is 18.9 Å². The van der Waals surface area contributed by atoms with Crippen molar-refractivity contribution in [3.05, 3.63) is 24.3 Å². The molecule has 1 unspecified atom stereocenters. The molecule has 1 atom stereocenters. The Kier molecular flexibility index (Phi) is 6.52. The van der Waals surface area contributed by atoms with E-state index in [-0.39, 0.29) is 11.7 Å². The van der Waals surface area contributed by atoms with Crippen molar-refractivity contribution in [3.8, 4) is 5.75 Å². The van der Waals surface area contributed by atoms with Crippen LogP contribution in [0.25, 0.3) is 0 Å². The summed E-state index contributed by atoms with van der Waals surface area (Å²) in [4.78, 5) is 6.78.